The molecule has 1 N–H and O–H groups in total. The molecule has 1 aliphatic heterocycles. The molecule has 1 aromatic heterocycles. The van der Waals surface area contributed by atoms with Crippen molar-refractivity contribution in [1.82, 2.24) is 10.5 Å². The molecule has 2 heterocycles. The van der Waals surface area contributed by atoms with Crippen molar-refractivity contribution >= 4 is 17.2 Å². The molecule has 1 aliphatic rings. The molecule has 0 aliphatic carbocycles. The molecular formula is C16H18N2O4S. The molecule has 1 atom stereocenters. The molecule has 2 aromatic rings. The SMILES string of the molecule is COc1ccc(COc2cc(C(=S)N[C@@H]3CCOC3)on2)cc1. The van der Waals surface area contributed by atoms with E-state index in [1.807, 2.05) is 24.3 Å². The zero-order valence-electron chi connectivity index (χ0n) is 12.8. The van der Waals surface area contributed by atoms with Crippen LogP contribution in [0.5, 0.6) is 11.6 Å². The highest BCUT2D eigenvalue weighted by atomic mass is 32.1. The minimum atomic E-state index is 0.233. The first-order valence-corrected chi connectivity index (χ1v) is 7.76. The van der Waals surface area contributed by atoms with E-state index in [1.165, 1.54) is 0 Å². The minimum absolute atomic E-state index is 0.233. The normalized spacial score (nSPS) is 17.0. The maximum Gasteiger partial charge on any atom is 0.255 e. The number of rotatable bonds is 6. The quantitative estimate of drug-likeness (QED) is 0.813. The van der Waals surface area contributed by atoms with E-state index in [0.717, 1.165) is 24.3 Å². The molecule has 0 saturated carbocycles. The number of thiocarbonyl (C=S) groups is 1. The second kappa shape index (κ2) is 7.43. The van der Waals surface area contributed by atoms with Gasteiger partial charge in [0, 0.05) is 6.61 Å². The van der Waals surface area contributed by atoms with Crippen molar-refractivity contribution in [1.29, 1.82) is 0 Å². The maximum atomic E-state index is 5.61. The number of benzene rings is 1. The highest BCUT2D eigenvalue weighted by Crippen LogP contribution is 2.16. The van der Waals surface area contributed by atoms with Crippen LogP contribution in [0.25, 0.3) is 0 Å². The Morgan fingerprint density at radius 2 is 2.22 bits per heavy atom. The molecule has 23 heavy (non-hydrogen) atoms. The van der Waals surface area contributed by atoms with E-state index >= 15 is 0 Å². The average molecular weight is 334 g/mol. The molecule has 3 rings (SSSR count). The summed E-state index contributed by atoms with van der Waals surface area (Å²) in [4.78, 5) is 0.521. The Hall–Kier alpha value is -2.12. The smallest absolute Gasteiger partial charge is 0.255 e. The van der Waals surface area contributed by atoms with Gasteiger partial charge in [-0.2, -0.15) is 0 Å². The van der Waals surface area contributed by atoms with Gasteiger partial charge in [0.05, 0.1) is 25.8 Å². The Bertz CT molecular complexity index is 650. The van der Waals surface area contributed by atoms with E-state index in [9.17, 15) is 0 Å². The van der Waals surface area contributed by atoms with Gasteiger partial charge < -0.3 is 24.1 Å². The van der Waals surface area contributed by atoms with Crippen molar-refractivity contribution in [2.75, 3.05) is 20.3 Å². The second-order valence-corrected chi connectivity index (χ2v) is 5.61. The van der Waals surface area contributed by atoms with Crippen LogP contribution in [0.4, 0.5) is 0 Å². The lowest BCUT2D eigenvalue weighted by Gasteiger charge is -2.10. The number of nitrogens with one attached hydrogen (secondary N) is 1. The summed E-state index contributed by atoms with van der Waals surface area (Å²) in [5.41, 5.74) is 1.01. The van der Waals surface area contributed by atoms with Crippen LogP contribution in [0.2, 0.25) is 0 Å². The molecular weight excluding hydrogens is 316 g/mol. The van der Waals surface area contributed by atoms with Crippen molar-refractivity contribution in [2.24, 2.45) is 0 Å². The van der Waals surface area contributed by atoms with Gasteiger partial charge >= 0.3 is 0 Å². The summed E-state index contributed by atoms with van der Waals surface area (Å²) >= 11 is 5.31. The topological polar surface area (TPSA) is 65.8 Å². The van der Waals surface area contributed by atoms with Crippen LogP contribution >= 0.6 is 12.2 Å². The van der Waals surface area contributed by atoms with Gasteiger partial charge in [-0.05, 0) is 29.3 Å². The highest BCUT2D eigenvalue weighted by Gasteiger charge is 2.19. The fraction of sp³-hybridized carbons (Fsp3) is 0.375. The van der Waals surface area contributed by atoms with Gasteiger partial charge in [0.1, 0.15) is 17.3 Å². The average Bonchev–Trinajstić information content (AvgIpc) is 3.25. The Morgan fingerprint density at radius 3 is 2.91 bits per heavy atom. The van der Waals surface area contributed by atoms with Crippen LogP contribution in [0.3, 0.4) is 0 Å². The van der Waals surface area contributed by atoms with Gasteiger partial charge in [-0.15, -0.1) is 0 Å². The summed E-state index contributed by atoms with van der Waals surface area (Å²) in [6.45, 7) is 1.81. The maximum absolute atomic E-state index is 5.61. The van der Waals surface area contributed by atoms with E-state index < -0.39 is 0 Å². The second-order valence-electron chi connectivity index (χ2n) is 5.20. The number of hydrogen-bond acceptors (Lipinski definition) is 6. The highest BCUT2D eigenvalue weighted by molar-refractivity contribution is 7.80. The van der Waals surface area contributed by atoms with E-state index in [1.54, 1.807) is 13.2 Å². The van der Waals surface area contributed by atoms with E-state index in [-0.39, 0.29) is 6.04 Å². The summed E-state index contributed by atoms with van der Waals surface area (Å²) in [5.74, 6) is 1.71. The molecule has 122 valence electrons. The standard InChI is InChI=1S/C16H18N2O4S/c1-19-13-4-2-11(3-5-13)9-21-15-8-14(22-18-15)16(23)17-12-6-7-20-10-12/h2-5,8,12H,6-7,9-10H2,1H3,(H,17,23)/t12-/m1/s1. The van der Waals surface area contributed by atoms with E-state index in [2.05, 4.69) is 10.5 Å². The number of hydrogen-bond donors (Lipinski definition) is 1. The molecule has 0 bridgehead atoms. The molecule has 1 fully saturated rings. The first-order chi connectivity index (χ1) is 11.2. The van der Waals surface area contributed by atoms with Crippen molar-refractivity contribution in [3.63, 3.8) is 0 Å². The Balaban J connectivity index is 1.52. The molecule has 7 heteroatoms. The van der Waals surface area contributed by atoms with Crippen LogP contribution in [0.1, 0.15) is 17.7 Å². The van der Waals surface area contributed by atoms with Crippen LogP contribution in [0, 0.1) is 0 Å². The largest absolute Gasteiger partial charge is 0.497 e. The van der Waals surface area contributed by atoms with Gasteiger partial charge in [0.25, 0.3) is 5.88 Å². The van der Waals surface area contributed by atoms with Crippen molar-refractivity contribution in [3.8, 4) is 11.6 Å². The van der Waals surface area contributed by atoms with Crippen LogP contribution in [-0.4, -0.2) is 36.5 Å². The summed E-state index contributed by atoms with van der Waals surface area (Å²) in [6, 6.07) is 9.56. The fourth-order valence-corrected chi connectivity index (χ4v) is 2.48. The fourth-order valence-electron chi connectivity index (χ4n) is 2.22. The van der Waals surface area contributed by atoms with Gasteiger partial charge in [-0.1, -0.05) is 24.4 Å². The summed E-state index contributed by atoms with van der Waals surface area (Å²) in [5, 5.41) is 7.08. The molecule has 0 spiro atoms. The van der Waals surface area contributed by atoms with Crippen molar-refractivity contribution in [2.45, 2.75) is 19.1 Å². The number of nitrogens with zero attached hydrogens (tertiary/aromatic N) is 1. The van der Waals surface area contributed by atoms with Crippen LogP contribution in [-0.2, 0) is 11.3 Å². The number of methoxy groups -OCH3 is 1. The first-order valence-electron chi connectivity index (χ1n) is 7.35. The summed E-state index contributed by atoms with van der Waals surface area (Å²) in [6.07, 6.45) is 0.940. The Morgan fingerprint density at radius 1 is 1.39 bits per heavy atom. The van der Waals surface area contributed by atoms with Crippen molar-refractivity contribution < 1.29 is 18.7 Å². The lowest BCUT2D eigenvalue weighted by molar-refractivity contribution is 0.192. The van der Waals surface area contributed by atoms with E-state index in [0.29, 0.717) is 29.8 Å². The summed E-state index contributed by atoms with van der Waals surface area (Å²) < 4.78 is 21.2. The minimum Gasteiger partial charge on any atom is -0.497 e. The lowest BCUT2D eigenvalue weighted by atomic mass is 10.2. The summed E-state index contributed by atoms with van der Waals surface area (Å²) in [7, 11) is 1.64. The predicted molar refractivity (Wildman–Crippen MR) is 87.9 cm³/mol. The zero-order chi connectivity index (χ0) is 16.1. The van der Waals surface area contributed by atoms with Gasteiger partial charge in [0.2, 0.25) is 0 Å². The molecule has 1 aromatic carbocycles. The van der Waals surface area contributed by atoms with Crippen LogP contribution < -0.4 is 14.8 Å². The molecule has 6 nitrogen and oxygen atoms in total. The molecule has 0 unspecified atom stereocenters. The molecule has 1 saturated heterocycles. The van der Waals surface area contributed by atoms with Gasteiger partial charge in [-0.25, -0.2) is 0 Å². The van der Waals surface area contributed by atoms with E-state index in [4.69, 9.17) is 31.0 Å². The van der Waals surface area contributed by atoms with Crippen molar-refractivity contribution in [3.05, 3.63) is 41.7 Å². The third kappa shape index (κ3) is 4.20. The monoisotopic (exact) mass is 334 g/mol. The first kappa shape index (κ1) is 15.8. The lowest BCUT2D eigenvalue weighted by Crippen LogP contribution is -2.34. The van der Waals surface area contributed by atoms with Crippen LogP contribution in [0.15, 0.2) is 34.9 Å². The number of ether oxygens (including phenoxy) is 3. The molecule has 0 amide bonds. The third-order valence-electron chi connectivity index (χ3n) is 3.52. The Kier molecular flexibility index (Phi) is 5.09. The Labute approximate surface area is 139 Å². The third-order valence-corrected chi connectivity index (χ3v) is 3.84. The van der Waals surface area contributed by atoms with Gasteiger partial charge in [0.15, 0.2) is 5.76 Å². The van der Waals surface area contributed by atoms with Gasteiger partial charge in [-0.3, -0.25) is 0 Å². The zero-order valence-corrected chi connectivity index (χ0v) is 13.6. The molecule has 0 radical (unpaired) electrons. The predicted octanol–water partition coefficient (Wildman–Crippen LogP) is 2.32. The number of aromatic nitrogens is 1.